The van der Waals surface area contributed by atoms with Gasteiger partial charge in [0.25, 0.3) is 5.91 Å². The maximum absolute atomic E-state index is 12.3. The van der Waals surface area contributed by atoms with E-state index in [0.29, 0.717) is 18.0 Å². The molecule has 0 unspecified atom stereocenters. The average Bonchev–Trinajstić information content (AvgIpc) is 3.31. The van der Waals surface area contributed by atoms with Gasteiger partial charge in [-0.05, 0) is 53.2 Å². The molecule has 0 bridgehead atoms. The number of nitrogens with zero attached hydrogens (tertiary/aromatic N) is 4. The zero-order chi connectivity index (χ0) is 19.2. The molecule has 0 aliphatic rings. The molecule has 142 valence electrons. The summed E-state index contributed by atoms with van der Waals surface area (Å²) in [4.78, 5) is 12.3. The number of rotatable bonds is 8. The number of aryl methyl sites for hydroxylation is 1. The quantitative estimate of drug-likeness (QED) is 0.590. The number of aromatic nitrogens is 4. The average molecular weight is 434 g/mol. The van der Waals surface area contributed by atoms with E-state index >= 15 is 0 Å². The first-order chi connectivity index (χ1) is 13.1. The zero-order valence-electron chi connectivity index (χ0n) is 15.1. The maximum atomic E-state index is 12.3. The highest BCUT2D eigenvalue weighted by Gasteiger charge is 2.13. The number of nitrogens with one attached hydrogen (secondary N) is 1. The summed E-state index contributed by atoms with van der Waals surface area (Å²) in [5.74, 6) is 1.19. The van der Waals surface area contributed by atoms with Crippen LogP contribution < -0.4 is 14.8 Å². The van der Waals surface area contributed by atoms with Gasteiger partial charge in [-0.1, -0.05) is 0 Å². The van der Waals surface area contributed by atoms with Crippen molar-refractivity contribution in [3.63, 3.8) is 0 Å². The third-order valence-electron chi connectivity index (χ3n) is 3.91. The summed E-state index contributed by atoms with van der Waals surface area (Å²) < 4.78 is 15.0. The van der Waals surface area contributed by atoms with Crippen molar-refractivity contribution >= 4 is 21.8 Å². The van der Waals surface area contributed by atoms with Gasteiger partial charge in [-0.3, -0.25) is 9.48 Å². The largest absolute Gasteiger partial charge is 0.497 e. The van der Waals surface area contributed by atoms with E-state index in [0.717, 1.165) is 22.5 Å². The lowest BCUT2D eigenvalue weighted by Gasteiger charge is -2.08. The van der Waals surface area contributed by atoms with E-state index in [1.807, 2.05) is 35.9 Å². The minimum Gasteiger partial charge on any atom is -0.497 e. The summed E-state index contributed by atoms with van der Waals surface area (Å²) in [6.07, 6.45) is 3.42. The summed E-state index contributed by atoms with van der Waals surface area (Å²) in [6.45, 7) is 3.29. The summed E-state index contributed by atoms with van der Waals surface area (Å²) in [6, 6.07) is 8.90. The Morgan fingerprint density at radius 2 is 1.96 bits per heavy atom. The van der Waals surface area contributed by atoms with Crippen molar-refractivity contribution in [3.05, 3.63) is 58.6 Å². The number of carbonyl (C=O) groups excluding carboxylic acids is 1. The van der Waals surface area contributed by atoms with Crippen molar-refractivity contribution in [1.29, 1.82) is 0 Å². The van der Waals surface area contributed by atoms with E-state index in [-0.39, 0.29) is 12.6 Å². The first-order valence-electron chi connectivity index (χ1n) is 8.39. The van der Waals surface area contributed by atoms with Gasteiger partial charge in [0, 0.05) is 12.7 Å². The molecule has 27 heavy (non-hydrogen) atoms. The predicted molar refractivity (Wildman–Crippen MR) is 103 cm³/mol. The van der Waals surface area contributed by atoms with E-state index in [9.17, 15) is 4.79 Å². The standard InChI is InChI=1S/C18H20BrN5O3/c1-3-24-17(15(19)10-21-24)11-20-18(25)16-8-9-23(22-16)12-27-14-6-4-13(26-2)5-7-14/h4-10H,3,11-12H2,1-2H3,(H,20,25). The lowest BCUT2D eigenvalue weighted by molar-refractivity contribution is 0.0942. The Kier molecular flexibility index (Phi) is 6.12. The number of hydrogen-bond donors (Lipinski definition) is 1. The molecule has 0 aliphatic carbocycles. The van der Waals surface area contributed by atoms with Gasteiger partial charge >= 0.3 is 0 Å². The van der Waals surface area contributed by atoms with E-state index in [4.69, 9.17) is 9.47 Å². The molecule has 0 atom stereocenters. The summed E-state index contributed by atoms with van der Waals surface area (Å²) >= 11 is 3.44. The van der Waals surface area contributed by atoms with Crippen LogP contribution >= 0.6 is 15.9 Å². The third kappa shape index (κ3) is 4.68. The first kappa shape index (κ1) is 19.0. The molecule has 0 saturated heterocycles. The highest BCUT2D eigenvalue weighted by Crippen LogP contribution is 2.17. The topological polar surface area (TPSA) is 83.2 Å². The van der Waals surface area contributed by atoms with E-state index < -0.39 is 0 Å². The number of ether oxygens (including phenoxy) is 2. The second-order valence-electron chi connectivity index (χ2n) is 5.63. The van der Waals surface area contributed by atoms with Gasteiger partial charge in [-0.2, -0.15) is 10.2 Å². The zero-order valence-corrected chi connectivity index (χ0v) is 16.6. The molecule has 0 fully saturated rings. The second kappa shape index (κ2) is 8.72. The van der Waals surface area contributed by atoms with Gasteiger partial charge in [0.05, 0.1) is 30.0 Å². The van der Waals surface area contributed by atoms with Crippen LogP contribution in [0.25, 0.3) is 0 Å². The summed E-state index contributed by atoms with van der Waals surface area (Å²) in [5.41, 5.74) is 1.24. The van der Waals surface area contributed by atoms with Gasteiger partial charge in [-0.15, -0.1) is 0 Å². The molecule has 1 aromatic carbocycles. The molecular formula is C18H20BrN5O3. The van der Waals surface area contributed by atoms with Crippen LogP contribution in [0.5, 0.6) is 11.5 Å². The van der Waals surface area contributed by atoms with Crippen LogP contribution in [0.4, 0.5) is 0 Å². The van der Waals surface area contributed by atoms with Crippen LogP contribution in [-0.4, -0.2) is 32.6 Å². The molecule has 0 saturated carbocycles. The smallest absolute Gasteiger partial charge is 0.272 e. The fourth-order valence-electron chi connectivity index (χ4n) is 2.46. The van der Waals surface area contributed by atoms with Crippen LogP contribution in [0, 0.1) is 0 Å². The number of halogens is 1. The molecule has 0 radical (unpaired) electrons. The van der Waals surface area contributed by atoms with Gasteiger partial charge in [0.15, 0.2) is 6.73 Å². The molecule has 9 heteroatoms. The summed E-state index contributed by atoms with van der Waals surface area (Å²) in [5, 5.41) is 11.3. The van der Waals surface area contributed by atoms with E-state index in [2.05, 4.69) is 31.4 Å². The van der Waals surface area contributed by atoms with Gasteiger partial charge < -0.3 is 14.8 Å². The predicted octanol–water partition coefficient (Wildman–Crippen LogP) is 2.84. The van der Waals surface area contributed by atoms with Crippen molar-refractivity contribution < 1.29 is 14.3 Å². The van der Waals surface area contributed by atoms with Crippen LogP contribution in [0.15, 0.2) is 47.2 Å². The molecule has 2 heterocycles. The van der Waals surface area contributed by atoms with Crippen LogP contribution in [0.2, 0.25) is 0 Å². The first-order valence-corrected chi connectivity index (χ1v) is 9.18. The summed E-state index contributed by atoms with van der Waals surface area (Å²) in [7, 11) is 1.61. The molecule has 1 amide bonds. The fraction of sp³-hybridized carbons (Fsp3) is 0.278. The normalized spacial score (nSPS) is 10.6. The Bertz CT molecular complexity index is 904. The second-order valence-corrected chi connectivity index (χ2v) is 6.48. The van der Waals surface area contributed by atoms with Crippen molar-refractivity contribution in [1.82, 2.24) is 24.9 Å². The van der Waals surface area contributed by atoms with E-state index in [1.165, 1.54) is 0 Å². The monoisotopic (exact) mass is 433 g/mol. The highest BCUT2D eigenvalue weighted by molar-refractivity contribution is 9.10. The van der Waals surface area contributed by atoms with Gasteiger partial charge in [0.1, 0.15) is 17.2 Å². The minimum absolute atomic E-state index is 0.202. The molecule has 0 spiro atoms. The van der Waals surface area contributed by atoms with Crippen molar-refractivity contribution in [2.75, 3.05) is 7.11 Å². The highest BCUT2D eigenvalue weighted by atomic mass is 79.9. The fourth-order valence-corrected chi connectivity index (χ4v) is 2.89. The SMILES string of the molecule is CCn1ncc(Br)c1CNC(=O)c1ccn(COc2ccc(OC)cc2)n1. The maximum Gasteiger partial charge on any atom is 0.272 e. The Morgan fingerprint density at radius 3 is 2.67 bits per heavy atom. The lowest BCUT2D eigenvalue weighted by atomic mass is 10.3. The number of benzene rings is 1. The number of amides is 1. The Hall–Kier alpha value is -2.81. The molecule has 0 aliphatic heterocycles. The van der Waals surface area contributed by atoms with E-state index in [1.54, 1.807) is 30.3 Å². The van der Waals surface area contributed by atoms with Crippen molar-refractivity contribution in [3.8, 4) is 11.5 Å². The molecular weight excluding hydrogens is 414 g/mol. The third-order valence-corrected chi connectivity index (χ3v) is 4.57. The minimum atomic E-state index is -0.256. The Morgan fingerprint density at radius 1 is 1.22 bits per heavy atom. The number of methoxy groups -OCH3 is 1. The van der Waals surface area contributed by atoms with Gasteiger partial charge in [-0.25, -0.2) is 4.68 Å². The van der Waals surface area contributed by atoms with Crippen LogP contribution in [0.1, 0.15) is 23.1 Å². The van der Waals surface area contributed by atoms with Gasteiger partial charge in [0.2, 0.25) is 0 Å². The molecule has 8 nitrogen and oxygen atoms in total. The molecule has 3 aromatic rings. The van der Waals surface area contributed by atoms with Crippen molar-refractivity contribution in [2.45, 2.75) is 26.7 Å². The lowest BCUT2D eigenvalue weighted by Crippen LogP contribution is -2.25. The number of hydrogen-bond acceptors (Lipinski definition) is 5. The molecule has 3 rings (SSSR count). The molecule has 2 aromatic heterocycles. The Balaban J connectivity index is 1.54. The Labute approximate surface area is 165 Å². The van der Waals surface area contributed by atoms with Crippen LogP contribution in [0.3, 0.4) is 0 Å². The van der Waals surface area contributed by atoms with Crippen LogP contribution in [-0.2, 0) is 19.8 Å². The molecule has 1 N–H and O–H groups in total. The number of carbonyl (C=O) groups is 1. The van der Waals surface area contributed by atoms with Crippen molar-refractivity contribution in [2.24, 2.45) is 0 Å².